The molecule has 2 rings (SSSR count). The predicted molar refractivity (Wildman–Crippen MR) is 78.0 cm³/mol. The van der Waals surface area contributed by atoms with Gasteiger partial charge in [0, 0.05) is 36.8 Å². The Bertz CT molecular complexity index is 356. The normalized spacial score (nSPS) is 20.2. The van der Waals surface area contributed by atoms with Crippen molar-refractivity contribution in [1.29, 1.82) is 0 Å². The second-order valence-corrected chi connectivity index (χ2v) is 7.05. The zero-order valence-electron chi connectivity index (χ0n) is 11.8. The van der Waals surface area contributed by atoms with Gasteiger partial charge in [0.15, 0.2) is 0 Å². The lowest BCUT2D eigenvalue weighted by Crippen LogP contribution is -2.38. The van der Waals surface area contributed by atoms with E-state index < -0.39 is 0 Å². The van der Waals surface area contributed by atoms with Crippen LogP contribution in [0.3, 0.4) is 0 Å². The summed E-state index contributed by atoms with van der Waals surface area (Å²) in [6.45, 7) is 11.3. The highest BCUT2D eigenvalue weighted by Gasteiger charge is 2.19. The van der Waals surface area contributed by atoms with Crippen LogP contribution >= 0.6 is 11.3 Å². The quantitative estimate of drug-likeness (QED) is 0.859. The summed E-state index contributed by atoms with van der Waals surface area (Å²) in [5.41, 5.74) is 0. The van der Waals surface area contributed by atoms with Crippen molar-refractivity contribution in [3.05, 3.63) is 16.1 Å². The fourth-order valence-corrected chi connectivity index (χ4v) is 3.48. The molecule has 1 saturated heterocycles. The second-order valence-electron chi connectivity index (χ2n) is 5.73. The average molecular weight is 267 g/mol. The average Bonchev–Trinajstić information content (AvgIpc) is 2.89. The summed E-state index contributed by atoms with van der Waals surface area (Å²) in [5.74, 6) is 0.723. The van der Waals surface area contributed by atoms with Crippen LogP contribution in [0.5, 0.6) is 0 Å². The molecule has 1 aliphatic heterocycles. The van der Waals surface area contributed by atoms with E-state index in [0.717, 1.165) is 12.5 Å². The minimum absolute atomic E-state index is 0.692. The number of hydrogen-bond donors (Lipinski definition) is 1. The SMILES string of the molecule is Cc1ncc(CN(CC(C)C)CC2CCCN2)s1. The Morgan fingerprint density at radius 3 is 2.94 bits per heavy atom. The minimum atomic E-state index is 0.692. The molecule has 1 aromatic rings. The molecule has 0 radical (unpaired) electrons. The molecular formula is C14H25N3S. The van der Waals surface area contributed by atoms with Gasteiger partial charge in [-0.2, -0.15) is 0 Å². The molecule has 1 aromatic heterocycles. The molecule has 0 aromatic carbocycles. The molecular weight excluding hydrogens is 242 g/mol. The molecule has 0 aliphatic carbocycles. The number of nitrogens with zero attached hydrogens (tertiary/aromatic N) is 2. The third-order valence-electron chi connectivity index (χ3n) is 3.31. The maximum atomic E-state index is 4.36. The van der Waals surface area contributed by atoms with Gasteiger partial charge in [0.25, 0.3) is 0 Å². The van der Waals surface area contributed by atoms with Crippen LogP contribution in [0.2, 0.25) is 0 Å². The number of thiazole rings is 1. The van der Waals surface area contributed by atoms with Crippen LogP contribution in [-0.4, -0.2) is 35.6 Å². The van der Waals surface area contributed by atoms with Gasteiger partial charge in [0.2, 0.25) is 0 Å². The van der Waals surface area contributed by atoms with E-state index in [4.69, 9.17) is 0 Å². The van der Waals surface area contributed by atoms with E-state index in [1.165, 1.54) is 42.4 Å². The Morgan fingerprint density at radius 2 is 2.39 bits per heavy atom. The third kappa shape index (κ3) is 4.34. The highest BCUT2D eigenvalue weighted by Crippen LogP contribution is 2.16. The highest BCUT2D eigenvalue weighted by atomic mass is 32.1. The van der Waals surface area contributed by atoms with Crippen molar-refractivity contribution in [3.63, 3.8) is 0 Å². The van der Waals surface area contributed by atoms with Crippen LogP contribution < -0.4 is 5.32 Å². The van der Waals surface area contributed by atoms with Crippen molar-refractivity contribution >= 4 is 11.3 Å². The summed E-state index contributed by atoms with van der Waals surface area (Å²) >= 11 is 1.83. The van der Waals surface area contributed by atoms with Gasteiger partial charge in [-0.1, -0.05) is 13.8 Å². The van der Waals surface area contributed by atoms with Gasteiger partial charge in [-0.3, -0.25) is 4.90 Å². The van der Waals surface area contributed by atoms with E-state index in [9.17, 15) is 0 Å². The van der Waals surface area contributed by atoms with Crippen molar-refractivity contribution in [1.82, 2.24) is 15.2 Å². The zero-order chi connectivity index (χ0) is 13.0. The molecule has 18 heavy (non-hydrogen) atoms. The van der Waals surface area contributed by atoms with Crippen molar-refractivity contribution < 1.29 is 0 Å². The first-order valence-electron chi connectivity index (χ1n) is 7.00. The highest BCUT2D eigenvalue weighted by molar-refractivity contribution is 7.11. The van der Waals surface area contributed by atoms with Gasteiger partial charge in [-0.15, -0.1) is 11.3 Å². The topological polar surface area (TPSA) is 28.2 Å². The second kappa shape index (κ2) is 6.64. The first-order valence-corrected chi connectivity index (χ1v) is 7.82. The van der Waals surface area contributed by atoms with E-state index in [2.05, 4.69) is 36.0 Å². The predicted octanol–water partition coefficient (Wildman–Crippen LogP) is 2.66. The molecule has 0 saturated carbocycles. The largest absolute Gasteiger partial charge is 0.313 e. The summed E-state index contributed by atoms with van der Waals surface area (Å²) < 4.78 is 0. The summed E-state index contributed by atoms with van der Waals surface area (Å²) in [7, 11) is 0. The molecule has 4 heteroatoms. The van der Waals surface area contributed by atoms with Crippen LogP contribution in [0.4, 0.5) is 0 Å². The third-order valence-corrected chi connectivity index (χ3v) is 4.21. The smallest absolute Gasteiger partial charge is 0.0897 e. The van der Waals surface area contributed by atoms with Crippen molar-refractivity contribution in [3.8, 4) is 0 Å². The van der Waals surface area contributed by atoms with Crippen molar-refractivity contribution in [2.75, 3.05) is 19.6 Å². The molecule has 1 N–H and O–H groups in total. The maximum absolute atomic E-state index is 4.36. The van der Waals surface area contributed by atoms with Crippen LogP contribution in [0.25, 0.3) is 0 Å². The number of aryl methyl sites for hydroxylation is 1. The molecule has 0 spiro atoms. The molecule has 102 valence electrons. The molecule has 0 bridgehead atoms. The van der Waals surface area contributed by atoms with E-state index in [1.807, 2.05) is 17.5 Å². The first-order chi connectivity index (χ1) is 8.63. The van der Waals surface area contributed by atoms with Crippen molar-refractivity contribution in [2.24, 2.45) is 5.92 Å². The molecule has 1 aliphatic rings. The van der Waals surface area contributed by atoms with Crippen LogP contribution in [-0.2, 0) is 6.54 Å². The number of hydrogen-bond acceptors (Lipinski definition) is 4. The fourth-order valence-electron chi connectivity index (χ4n) is 2.64. The molecule has 3 nitrogen and oxygen atoms in total. The Hall–Kier alpha value is -0.450. The van der Waals surface area contributed by atoms with Crippen LogP contribution in [0, 0.1) is 12.8 Å². The lowest BCUT2D eigenvalue weighted by Gasteiger charge is -2.26. The summed E-state index contributed by atoms with van der Waals surface area (Å²) in [4.78, 5) is 8.34. The minimum Gasteiger partial charge on any atom is -0.313 e. The first kappa shape index (κ1) is 14.0. The lowest BCUT2D eigenvalue weighted by atomic mass is 10.1. The summed E-state index contributed by atoms with van der Waals surface area (Å²) in [6, 6.07) is 0.692. The number of nitrogens with one attached hydrogen (secondary N) is 1. The van der Waals surface area contributed by atoms with Gasteiger partial charge in [-0.05, 0) is 32.2 Å². The van der Waals surface area contributed by atoms with Crippen LogP contribution in [0.1, 0.15) is 36.6 Å². The van der Waals surface area contributed by atoms with Gasteiger partial charge in [0.1, 0.15) is 0 Å². The molecule has 1 atom stereocenters. The molecule has 0 amide bonds. The van der Waals surface area contributed by atoms with E-state index in [-0.39, 0.29) is 0 Å². The van der Waals surface area contributed by atoms with Gasteiger partial charge >= 0.3 is 0 Å². The maximum Gasteiger partial charge on any atom is 0.0897 e. The monoisotopic (exact) mass is 267 g/mol. The van der Waals surface area contributed by atoms with Gasteiger partial charge < -0.3 is 5.32 Å². The van der Waals surface area contributed by atoms with Crippen LogP contribution in [0.15, 0.2) is 6.20 Å². The number of aromatic nitrogens is 1. The Morgan fingerprint density at radius 1 is 1.56 bits per heavy atom. The van der Waals surface area contributed by atoms with Crippen molar-refractivity contribution in [2.45, 2.75) is 46.2 Å². The number of rotatable bonds is 6. The fraction of sp³-hybridized carbons (Fsp3) is 0.786. The summed E-state index contributed by atoms with van der Waals surface area (Å²) in [6.07, 6.45) is 4.70. The lowest BCUT2D eigenvalue weighted by molar-refractivity contribution is 0.218. The Labute approximate surface area is 115 Å². The Kier molecular flexibility index (Phi) is 5.15. The van der Waals surface area contributed by atoms with Gasteiger partial charge in [0.05, 0.1) is 5.01 Å². The molecule has 1 fully saturated rings. The van der Waals surface area contributed by atoms with Gasteiger partial charge in [-0.25, -0.2) is 4.98 Å². The summed E-state index contributed by atoms with van der Waals surface area (Å²) in [5, 5.41) is 4.77. The molecule has 1 unspecified atom stereocenters. The zero-order valence-corrected chi connectivity index (χ0v) is 12.6. The van der Waals surface area contributed by atoms with E-state index >= 15 is 0 Å². The van der Waals surface area contributed by atoms with E-state index in [0.29, 0.717) is 6.04 Å². The van der Waals surface area contributed by atoms with E-state index in [1.54, 1.807) is 0 Å². The standard InChI is InChI=1S/C14H25N3S/c1-11(2)8-17(9-13-5-4-6-15-13)10-14-7-16-12(3)18-14/h7,11,13,15H,4-6,8-10H2,1-3H3. The molecule has 2 heterocycles. The Balaban J connectivity index is 1.91.